The maximum absolute atomic E-state index is 12.4. The second-order valence-electron chi connectivity index (χ2n) is 7.55. The SMILES string of the molecule is CC(C)C(N)C(=O)NC(CC(N)=O)C(=O)NCC(=O)NC(Cc1ccc(O)cc1)C(=O)O. The first-order chi connectivity index (χ1) is 14.9. The molecule has 3 atom stereocenters. The molecule has 12 heteroatoms. The van der Waals surface area contributed by atoms with E-state index < -0.39 is 60.7 Å². The van der Waals surface area contributed by atoms with Crippen molar-refractivity contribution in [1.82, 2.24) is 16.0 Å². The van der Waals surface area contributed by atoms with E-state index >= 15 is 0 Å². The molecular formula is C20H29N5O7. The highest BCUT2D eigenvalue weighted by Gasteiger charge is 2.27. The number of aromatic hydroxyl groups is 1. The molecule has 0 bridgehead atoms. The fourth-order valence-corrected chi connectivity index (χ4v) is 2.58. The molecule has 0 fully saturated rings. The fraction of sp³-hybridized carbons (Fsp3) is 0.450. The van der Waals surface area contributed by atoms with Crippen molar-refractivity contribution in [2.24, 2.45) is 17.4 Å². The third-order valence-corrected chi connectivity index (χ3v) is 4.49. The zero-order chi connectivity index (χ0) is 24.4. The zero-order valence-corrected chi connectivity index (χ0v) is 17.8. The van der Waals surface area contributed by atoms with Gasteiger partial charge in [0.15, 0.2) is 0 Å². The quantitative estimate of drug-likeness (QED) is 0.187. The number of carbonyl (C=O) groups is 5. The van der Waals surface area contributed by atoms with Crippen LogP contribution >= 0.6 is 0 Å². The van der Waals surface area contributed by atoms with Crippen LogP contribution in [0.3, 0.4) is 0 Å². The topological polar surface area (TPSA) is 214 Å². The van der Waals surface area contributed by atoms with Gasteiger partial charge >= 0.3 is 5.97 Å². The Hall–Kier alpha value is -3.67. The van der Waals surface area contributed by atoms with Crippen molar-refractivity contribution in [3.8, 4) is 5.75 Å². The number of carboxylic acid groups (broad SMARTS) is 1. The van der Waals surface area contributed by atoms with E-state index in [1.165, 1.54) is 24.3 Å². The second kappa shape index (κ2) is 12.2. The molecule has 12 nitrogen and oxygen atoms in total. The Bertz CT molecular complexity index is 841. The molecule has 0 aromatic heterocycles. The number of phenols is 1. The number of phenolic OH excluding ortho intramolecular Hbond substituents is 1. The number of amides is 4. The van der Waals surface area contributed by atoms with Gasteiger partial charge in [0.1, 0.15) is 17.8 Å². The Labute approximate surface area is 184 Å². The van der Waals surface area contributed by atoms with Crippen molar-refractivity contribution in [1.29, 1.82) is 0 Å². The molecule has 176 valence electrons. The molecule has 0 saturated carbocycles. The highest BCUT2D eigenvalue weighted by atomic mass is 16.4. The molecule has 32 heavy (non-hydrogen) atoms. The maximum Gasteiger partial charge on any atom is 0.326 e. The third-order valence-electron chi connectivity index (χ3n) is 4.49. The normalized spacial score (nSPS) is 13.5. The molecule has 4 amide bonds. The van der Waals surface area contributed by atoms with Crippen LogP contribution in [-0.4, -0.2) is 64.5 Å². The first-order valence-electron chi connectivity index (χ1n) is 9.82. The Morgan fingerprint density at radius 3 is 2.06 bits per heavy atom. The molecule has 0 spiro atoms. The minimum Gasteiger partial charge on any atom is -0.508 e. The number of nitrogens with one attached hydrogen (secondary N) is 3. The number of aliphatic carboxylic acids is 1. The summed E-state index contributed by atoms with van der Waals surface area (Å²) >= 11 is 0. The van der Waals surface area contributed by atoms with Gasteiger partial charge in [-0.15, -0.1) is 0 Å². The van der Waals surface area contributed by atoms with Crippen molar-refractivity contribution < 1.29 is 34.2 Å². The average molecular weight is 451 g/mol. The zero-order valence-electron chi connectivity index (χ0n) is 17.8. The van der Waals surface area contributed by atoms with Crippen LogP contribution in [0.2, 0.25) is 0 Å². The number of nitrogens with two attached hydrogens (primary N) is 2. The smallest absolute Gasteiger partial charge is 0.326 e. The highest BCUT2D eigenvalue weighted by molar-refractivity contribution is 5.95. The van der Waals surface area contributed by atoms with E-state index in [9.17, 15) is 34.2 Å². The molecule has 1 aromatic rings. The predicted octanol–water partition coefficient (Wildman–Crippen LogP) is -2.04. The standard InChI is InChI=1S/C20H29N5O7/c1-10(2)17(22)19(30)25-13(8-15(21)27)18(29)23-9-16(28)24-14(20(31)32)7-11-3-5-12(26)6-4-11/h3-6,10,13-14,17,26H,7-9,22H2,1-2H3,(H2,21,27)(H,23,29)(H,24,28)(H,25,30)(H,31,32). The Morgan fingerprint density at radius 2 is 1.56 bits per heavy atom. The second-order valence-corrected chi connectivity index (χ2v) is 7.55. The van der Waals surface area contributed by atoms with Crippen LogP contribution in [0.5, 0.6) is 5.75 Å². The number of rotatable bonds is 12. The van der Waals surface area contributed by atoms with Crippen molar-refractivity contribution in [3.63, 3.8) is 0 Å². The summed E-state index contributed by atoms with van der Waals surface area (Å²) in [6.07, 6.45) is -0.564. The third kappa shape index (κ3) is 9.00. The number of primary amides is 1. The van der Waals surface area contributed by atoms with Gasteiger partial charge in [-0.1, -0.05) is 26.0 Å². The molecule has 0 saturated heterocycles. The fourth-order valence-electron chi connectivity index (χ4n) is 2.58. The molecule has 9 N–H and O–H groups in total. The number of carboxylic acids is 1. The van der Waals surface area contributed by atoms with Crippen molar-refractivity contribution in [2.45, 2.75) is 44.8 Å². The molecule has 0 aliphatic rings. The highest BCUT2D eigenvalue weighted by Crippen LogP contribution is 2.11. The van der Waals surface area contributed by atoms with Crippen LogP contribution in [0, 0.1) is 5.92 Å². The summed E-state index contributed by atoms with van der Waals surface area (Å²) in [7, 11) is 0. The van der Waals surface area contributed by atoms with Gasteiger partial charge in [0.05, 0.1) is 19.0 Å². The molecule has 1 rings (SSSR count). The van der Waals surface area contributed by atoms with Crippen LogP contribution in [-0.2, 0) is 30.4 Å². The van der Waals surface area contributed by atoms with Crippen molar-refractivity contribution >= 4 is 29.6 Å². The first kappa shape index (κ1) is 26.4. The summed E-state index contributed by atoms with van der Waals surface area (Å²) in [6, 6.07) is 2.25. The molecule has 3 unspecified atom stereocenters. The lowest BCUT2D eigenvalue weighted by atomic mass is 10.0. The molecular weight excluding hydrogens is 422 g/mol. The lowest BCUT2D eigenvalue weighted by Gasteiger charge is -2.21. The summed E-state index contributed by atoms with van der Waals surface area (Å²) in [5.74, 6) is -4.67. The Balaban J connectivity index is 2.69. The summed E-state index contributed by atoms with van der Waals surface area (Å²) in [6.45, 7) is 2.81. The molecule has 0 aliphatic heterocycles. The van der Waals surface area contributed by atoms with E-state index in [0.717, 1.165) is 0 Å². The number of benzene rings is 1. The van der Waals surface area contributed by atoms with Gasteiger partial charge in [0, 0.05) is 6.42 Å². The van der Waals surface area contributed by atoms with Crippen LogP contribution in [0.15, 0.2) is 24.3 Å². The molecule has 0 heterocycles. The van der Waals surface area contributed by atoms with Gasteiger partial charge in [-0.25, -0.2) is 4.79 Å². The lowest BCUT2D eigenvalue weighted by Crippen LogP contribution is -2.55. The summed E-state index contributed by atoms with van der Waals surface area (Å²) < 4.78 is 0. The lowest BCUT2D eigenvalue weighted by molar-refractivity contribution is -0.141. The largest absolute Gasteiger partial charge is 0.508 e. The molecule has 1 aromatic carbocycles. The van der Waals surface area contributed by atoms with E-state index in [0.29, 0.717) is 5.56 Å². The first-order valence-corrected chi connectivity index (χ1v) is 9.82. The number of hydrogen-bond acceptors (Lipinski definition) is 7. The van der Waals surface area contributed by atoms with Crippen LogP contribution < -0.4 is 27.4 Å². The van der Waals surface area contributed by atoms with Crippen molar-refractivity contribution in [3.05, 3.63) is 29.8 Å². The van der Waals surface area contributed by atoms with Crippen molar-refractivity contribution in [2.75, 3.05) is 6.54 Å². The van der Waals surface area contributed by atoms with E-state index in [2.05, 4.69) is 16.0 Å². The van der Waals surface area contributed by atoms with Gasteiger partial charge in [-0.3, -0.25) is 19.2 Å². The minimum absolute atomic E-state index is 0.0133. The van der Waals surface area contributed by atoms with Gasteiger partial charge in [0.25, 0.3) is 0 Å². The van der Waals surface area contributed by atoms with Crippen LogP contribution in [0.4, 0.5) is 0 Å². The summed E-state index contributed by atoms with van der Waals surface area (Å²) in [5, 5.41) is 25.5. The minimum atomic E-state index is -1.34. The number of carbonyl (C=O) groups excluding carboxylic acids is 4. The van der Waals surface area contributed by atoms with E-state index in [1.54, 1.807) is 13.8 Å². The average Bonchev–Trinajstić information content (AvgIpc) is 2.71. The molecule has 0 radical (unpaired) electrons. The van der Waals surface area contributed by atoms with Gasteiger partial charge in [0.2, 0.25) is 23.6 Å². The van der Waals surface area contributed by atoms with Gasteiger partial charge in [-0.2, -0.15) is 0 Å². The van der Waals surface area contributed by atoms with Gasteiger partial charge < -0.3 is 37.6 Å². The monoisotopic (exact) mass is 451 g/mol. The Kier molecular flexibility index (Phi) is 10.1. The molecule has 0 aliphatic carbocycles. The van der Waals surface area contributed by atoms with E-state index in [1.807, 2.05) is 0 Å². The number of hydrogen-bond donors (Lipinski definition) is 7. The van der Waals surface area contributed by atoms with E-state index in [4.69, 9.17) is 11.5 Å². The maximum atomic E-state index is 12.4. The van der Waals surface area contributed by atoms with Crippen LogP contribution in [0.25, 0.3) is 0 Å². The predicted molar refractivity (Wildman–Crippen MR) is 113 cm³/mol. The van der Waals surface area contributed by atoms with Crippen LogP contribution in [0.1, 0.15) is 25.8 Å². The van der Waals surface area contributed by atoms with Gasteiger partial charge in [-0.05, 0) is 23.6 Å². The summed E-state index contributed by atoms with van der Waals surface area (Å²) in [5.41, 5.74) is 11.4. The summed E-state index contributed by atoms with van der Waals surface area (Å²) in [4.78, 5) is 59.3. The van der Waals surface area contributed by atoms with E-state index in [-0.39, 0.29) is 18.1 Å². The Morgan fingerprint density at radius 1 is 0.969 bits per heavy atom.